The zero-order valence-electron chi connectivity index (χ0n) is 10.1. The van der Waals surface area contributed by atoms with Gasteiger partial charge in [0.05, 0.1) is 6.54 Å². The summed E-state index contributed by atoms with van der Waals surface area (Å²) in [5.41, 5.74) is 0.718. The molecule has 6 heteroatoms. The van der Waals surface area contributed by atoms with Gasteiger partial charge in [0.15, 0.2) is 5.82 Å². The predicted molar refractivity (Wildman–Crippen MR) is 71.7 cm³/mol. The van der Waals surface area contributed by atoms with Gasteiger partial charge in [0.1, 0.15) is 0 Å². The quantitative estimate of drug-likeness (QED) is 0.934. The summed E-state index contributed by atoms with van der Waals surface area (Å²) in [6.45, 7) is 4.67. The van der Waals surface area contributed by atoms with Gasteiger partial charge in [-0.15, -0.1) is 0 Å². The summed E-state index contributed by atoms with van der Waals surface area (Å²) in [7, 11) is 0. The highest BCUT2D eigenvalue weighted by Gasteiger charge is 2.10. The maximum absolute atomic E-state index is 5.92. The van der Waals surface area contributed by atoms with Crippen LogP contribution in [0.1, 0.15) is 19.7 Å². The van der Waals surface area contributed by atoms with Crippen LogP contribution in [0, 0.1) is 0 Å². The molecule has 0 spiro atoms. The molecular weight excluding hydrogens is 273 g/mol. The molecule has 18 heavy (non-hydrogen) atoms. The second-order valence-electron chi connectivity index (χ2n) is 4.21. The fraction of sp³-hybridized carbons (Fsp3) is 0.333. The average Bonchev–Trinajstić information content (AvgIpc) is 2.73. The van der Waals surface area contributed by atoms with E-state index in [1.165, 1.54) is 0 Å². The summed E-state index contributed by atoms with van der Waals surface area (Å²) in [6, 6.07) is 5.50. The summed E-state index contributed by atoms with van der Waals surface area (Å²) in [6.07, 6.45) is 0. The molecule has 4 nitrogen and oxygen atoms in total. The molecular formula is C12H13Cl2N3O. The Bertz CT molecular complexity index is 520. The van der Waals surface area contributed by atoms with E-state index in [1.54, 1.807) is 18.2 Å². The Morgan fingerprint density at radius 2 is 1.89 bits per heavy atom. The van der Waals surface area contributed by atoms with E-state index >= 15 is 0 Å². The Morgan fingerprint density at radius 1 is 1.22 bits per heavy atom. The molecule has 0 atom stereocenters. The minimum atomic E-state index is 0.368. The van der Waals surface area contributed by atoms with Crippen molar-refractivity contribution >= 4 is 23.2 Å². The molecule has 1 N–H and O–H groups in total. The molecule has 0 unspecified atom stereocenters. The number of rotatable bonds is 4. The van der Waals surface area contributed by atoms with Crippen LogP contribution in [0.5, 0.6) is 0 Å². The molecule has 0 saturated heterocycles. The van der Waals surface area contributed by atoms with Gasteiger partial charge in [0, 0.05) is 21.7 Å². The van der Waals surface area contributed by atoms with Crippen LogP contribution in [-0.4, -0.2) is 16.2 Å². The number of halogens is 2. The molecule has 0 bridgehead atoms. The van der Waals surface area contributed by atoms with Crippen LogP contribution in [-0.2, 0) is 6.54 Å². The molecule has 0 radical (unpaired) electrons. The summed E-state index contributed by atoms with van der Waals surface area (Å²) in [5.74, 6) is 1.02. The third-order valence-electron chi connectivity index (χ3n) is 2.25. The minimum absolute atomic E-state index is 0.368. The topological polar surface area (TPSA) is 51.0 Å². The van der Waals surface area contributed by atoms with Gasteiger partial charge >= 0.3 is 0 Å². The van der Waals surface area contributed by atoms with E-state index in [2.05, 4.69) is 29.3 Å². The lowest BCUT2D eigenvalue weighted by atomic mass is 10.2. The van der Waals surface area contributed by atoms with Gasteiger partial charge in [-0.2, -0.15) is 4.98 Å². The lowest BCUT2D eigenvalue weighted by Crippen LogP contribution is -2.22. The second-order valence-corrected chi connectivity index (χ2v) is 5.08. The second kappa shape index (κ2) is 5.69. The van der Waals surface area contributed by atoms with Crippen molar-refractivity contribution in [1.29, 1.82) is 0 Å². The third-order valence-corrected chi connectivity index (χ3v) is 2.68. The fourth-order valence-electron chi connectivity index (χ4n) is 1.42. The number of benzene rings is 1. The van der Waals surface area contributed by atoms with Crippen molar-refractivity contribution in [2.24, 2.45) is 0 Å². The van der Waals surface area contributed by atoms with Crippen LogP contribution in [0.4, 0.5) is 0 Å². The number of hydrogen-bond donors (Lipinski definition) is 1. The first-order valence-corrected chi connectivity index (χ1v) is 6.32. The summed E-state index contributed by atoms with van der Waals surface area (Å²) >= 11 is 11.8. The van der Waals surface area contributed by atoms with Gasteiger partial charge in [0.25, 0.3) is 5.89 Å². The number of nitrogens with zero attached hydrogens (tertiary/aromatic N) is 2. The van der Waals surface area contributed by atoms with Crippen molar-refractivity contribution in [1.82, 2.24) is 15.5 Å². The van der Waals surface area contributed by atoms with E-state index in [0.717, 1.165) is 5.56 Å². The van der Waals surface area contributed by atoms with Gasteiger partial charge in [-0.3, -0.25) is 0 Å². The largest absolute Gasteiger partial charge is 0.334 e. The maximum atomic E-state index is 5.92. The monoisotopic (exact) mass is 285 g/mol. The van der Waals surface area contributed by atoms with Gasteiger partial charge in [-0.25, -0.2) is 0 Å². The Hall–Kier alpha value is -1.10. The summed E-state index contributed by atoms with van der Waals surface area (Å²) in [4.78, 5) is 4.28. The Balaban J connectivity index is 2.18. The van der Waals surface area contributed by atoms with Crippen LogP contribution in [0.25, 0.3) is 11.5 Å². The van der Waals surface area contributed by atoms with Crippen molar-refractivity contribution in [2.45, 2.75) is 26.4 Å². The zero-order chi connectivity index (χ0) is 13.1. The fourth-order valence-corrected chi connectivity index (χ4v) is 1.94. The van der Waals surface area contributed by atoms with Gasteiger partial charge < -0.3 is 9.84 Å². The van der Waals surface area contributed by atoms with E-state index in [-0.39, 0.29) is 0 Å². The van der Waals surface area contributed by atoms with E-state index in [9.17, 15) is 0 Å². The molecule has 1 heterocycles. The summed E-state index contributed by atoms with van der Waals surface area (Å²) in [5, 5.41) is 8.18. The van der Waals surface area contributed by atoms with Crippen LogP contribution in [0.3, 0.4) is 0 Å². The third kappa shape index (κ3) is 3.45. The highest BCUT2D eigenvalue weighted by atomic mass is 35.5. The first kappa shape index (κ1) is 13.3. The highest BCUT2D eigenvalue weighted by Crippen LogP contribution is 2.25. The van der Waals surface area contributed by atoms with E-state index in [0.29, 0.717) is 34.3 Å². The molecule has 0 amide bonds. The molecule has 0 fully saturated rings. The standard InChI is InChI=1S/C12H13Cl2N3O/c1-7(2)15-6-11-16-12(18-17-11)8-3-9(13)5-10(14)4-8/h3-5,7,15H,6H2,1-2H3. The molecule has 96 valence electrons. The zero-order valence-corrected chi connectivity index (χ0v) is 11.6. The SMILES string of the molecule is CC(C)NCc1noc(-c2cc(Cl)cc(Cl)c2)n1. The number of hydrogen-bond acceptors (Lipinski definition) is 4. The van der Waals surface area contributed by atoms with Crippen molar-refractivity contribution in [2.75, 3.05) is 0 Å². The van der Waals surface area contributed by atoms with E-state index in [1.807, 2.05) is 0 Å². The lowest BCUT2D eigenvalue weighted by molar-refractivity contribution is 0.417. The highest BCUT2D eigenvalue weighted by molar-refractivity contribution is 6.35. The van der Waals surface area contributed by atoms with Crippen molar-refractivity contribution < 1.29 is 4.52 Å². The van der Waals surface area contributed by atoms with E-state index in [4.69, 9.17) is 27.7 Å². The van der Waals surface area contributed by atoms with Gasteiger partial charge in [-0.1, -0.05) is 42.2 Å². The molecule has 0 saturated carbocycles. The molecule has 1 aromatic heterocycles. The van der Waals surface area contributed by atoms with Gasteiger partial charge in [0.2, 0.25) is 0 Å². The number of nitrogens with one attached hydrogen (secondary N) is 1. The Morgan fingerprint density at radius 3 is 2.50 bits per heavy atom. The molecule has 0 aliphatic heterocycles. The van der Waals surface area contributed by atoms with Crippen molar-refractivity contribution in [3.8, 4) is 11.5 Å². The first-order valence-electron chi connectivity index (χ1n) is 5.57. The predicted octanol–water partition coefficient (Wildman–Crippen LogP) is 3.54. The van der Waals surface area contributed by atoms with E-state index < -0.39 is 0 Å². The first-order chi connectivity index (χ1) is 8.54. The lowest BCUT2D eigenvalue weighted by Gasteiger charge is -2.03. The molecule has 2 rings (SSSR count). The van der Waals surface area contributed by atoms with Crippen LogP contribution >= 0.6 is 23.2 Å². The summed E-state index contributed by atoms with van der Waals surface area (Å²) < 4.78 is 5.17. The smallest absolute Gasteiger partial charge is 0.258 e. The Labute approximate surface area is 115 Å². The average molecular weight is 286 g/mol. The Kier molecular flexibility index (Phi) is 4.22. The molecule has 1 aromatic carbocycles. The molecule has 2 aromatic rings. The minimum Gasteiger partial charge on any atom is -0.334 e. The van der Waals surface area contributed by atoms with Crippen molar-refractivity contribution in [3.05, 3.63) is 34.1 Å². The molecule has 0 aliphatic rings. The normalized spacial score (nSPS) is 11.2. The van der Waals surface area contributed by atoms with Crippen LogP contribution < -0.4 is 5.32 Å². The molecule has 0 aliphatic carbocycles. The van der Waals surface area contributed by atoms with Crippen LogP contribution in [0.2, 0.25) is 10.0 Å². The maximum Gasteiger partial charge on any atom is 0.258 e. The van der Waals surface area contributed by atoms with Crippen LogP contribution in [0.15, 0.2) is 22.7 Å². The number of aromatic nitrogens is 2. The van der Waals surface area contributed by atoms with Gasteiger partial charge in [-0.05, 0) is 18.2 Å². The van der Waals surface area contributed by atoms with Crippen molar-refractivity contribution in [3.63, 3.8) is 0 Å².